The highest BCUT2D eigenvalue weighted by molar-refractivity contribution is 5.16. The molecule has 0 aromatic carbocycles. The van der Waals surface area contributed by atoms with Crippen LogP contribution in [-0.2, 0) is 12.8 Å². The van der Waals surface area contributed by atoms with E-state index in [1.54, 1.807) is 0 Å². The van der Waals surface area contributed by atoms with E-state index >= 15 is 0 Å². The molecule has 4 nitrogen and oxygen atoms in total. The van der Waals surface area contributed by atoms with E-state index < -0.39 is 0 Å². The van der Waals surface area contributed by atoms with Crippen LogP contribution in [0, 0.1) is 11.8 Å². The van der Waals surface area contributed by atoms with Gasteiger partial charge in [-0.05, 0) is 51.4 Å². The number of aromatic nitrogens is 3. The fourth-order valence-corrected chi connectivity index (χ4v) is 3.11. The first-order valence-electron chi connectivity index (χ1n) is 6.37. The number of aryl methyl sites for hydroxylation is 1. The minimum absolute atomic E-state index is 0.416. The lowest BCUT2D eigenvalue weighted by Gasteiger charge is -2.12. The average molecular weight is 220 g/mol. The Kier molecular flexibility index (Phi) is 2.28. The van der Waals surface area contributed by atoms with Crippen molar-refractivity contribution in [3.05, 3.63) is 11.4 Å². The van der Waals surface area contributed by atoms with Crippen LogP contribution < -0.4 is 5.73 Å². The van der Waals surface area contributed by atoms with Crippen molar-refractivity contribution in [2.24, 2.45) is 17.6 Å². The van der Waals surface area contributed by atoms with Crippen LogP contribution in [0.1, 0.15) is 44.1 Å². The Morgan fingerprint density at radius 2 is 1.94 bits per heavy atom. The zero-order chi connectivity index (χ0) is 11.3. The Balaban J connectivity index is 1.87. The van der Waals surface area contributed by atoms with Gasteiger partial charge in [0.05, 0.1) is 11.4 Å². The minimum atomic E-state index is 0.416. The van der Waals surface area contributed by atoms with Crippen LogP contribution in [0.25, 0.3) is 0 Å². The topological polar surface area (TPSA) is 56.7 Å². The molecule has 0 bridgehead atoms. The quantitative estimate of drug-likeness (QED) is 0.776. The number of rotatable bonds is 1. The van der Waals surface area contributed by atoms with E-state index in [2.05, 4.69) is 28.8 Å². The molecule has 0 radical (unpaired) electrons. The van der Waals surface area contributed by atoms with E-state index in [0.29, 0.717) is 12.1 Å². The first-order chi connectivity index (χ1) is 7.68. The van der Waals surface area contributed by atoms with E-state index in [4.69, 9.17) is 5.73 Å². The molecule has 88 valence electrons. The molecule has 1 unspecified atom stereocenters. The average Bonchev–Trinajstić information content (AvgIpc) is 2.67. The van der Waals surface area contributed by atoms with Gasteiger partial charge in [-0.1, -0.05) is 5.21 Å². The Labute approximate surface area is 96.2 Å². The third-order valence-electron chi connectivity index (χ3n) is 4.19. The fourth-order valence-electron chi connectivity index (χ4n) is 3.11. The van der Waals surface area contributed by atoms with E-state index in [-0.39, 0.29) is 0 Å². The maximum absolute atomic E-state index is 6.07. The summed E-state index contributed by atoms with van der Waals surface area (Å²) in [4.78, 5) is 0. The van der Waals surface area contributed by atoms with Crippen molar-refractivity contribution in [3.8, 4) is 0 Å². The molecule has 0 amide bonds. The minimum Gasteiger partial charge on any atom is -0.327 e. The molecule has 2 N–H and O–H groups in total. The summed E-state index contributed by atoms with van der Waals surface area (Å²) in [5.41, 5.74) is 8.64. The molecule has 1 saturated carbocycles. The molecular weight excluding hydrogens is 200 g/mol. The highest BCUT2D eigenvalue weighted by Gasteiger charge is 2.47. The molecule has 0 aliphatic heterocycles. The Morgan fingerprint density at radius 3 is 2.62 bits per heavy atom. The van der Waals surface area contributed by atoms with Gasteiger partial charge in [-0.15, -0.1) is 5.10 Å². The predicted molar refractivity (Wildman–Crippen MR) is 62.0 cm³/mol. The van der Waals surface area contributed by atoms with Gasteiger partial charge >= 0.3 is 0 Å². The van der Waals surface area contributed by atoms with Crippen LogP contribution in [0.3, 0.4) is 0 Å². The summed E-state index contributed by atoms with van der Waals surface area (Å²) in [6.45, 7) is 4.33. The van der Waals surface area contributed by atoms with Gasteiger partial charge in [0.1, 0.15) is 0 Å². The SMILES string of the molecule is CC(C)n1nnc2c1CC[C@H]1C(N)[C@H]1CC2. The number of fused-ring (bicyclic) bond motifs is 2. The molecule has 1 aromatic heterocycles. The molecule has 0 spiro atoms. The second kappa shape index (κ2) is 3.55. The van der Waals surface area contributed by atoms with Crippen molar-refractivity contribution in [2.45, 2.75) is 51.6 Å². The summed E-state index contributed by atoms with van der Waals surface area (Å²) in [5.74, 6) is 1.53. The van der Waals surface area contributed by atoms with Gasteiger partial charge in [0.15, 0.2) is 0 Å². The summed E-state index contributed by atoms with van der Waals surface area (Å²) in [5, 5.41) is 8.60. The number of hydrogen-bond acceptors (Lipinski definition) is 3. The maximum atomic E-state index is 6.07. The molecule has 3 atom stereocenters. The lowest BCUT2D eigenvalue weighted by atomic mass is 10.0. The van der Waals surface area contributed by atoms with Crippen molar-refractivity contribution in [2.75, 3.05) is 0 Å². The highest BCUT2D eigenvalue weighted by Crippen LogP contribution is 2.45. The summed E-state index contributed by atoms with van der Waals surface area (Å²) in [6.07, 6.45) is 4.60. The lowest BCUT2D eigenvalue weighted by Crippen LogP contribution is -2.10. The third-order valence-corrected chi connectivity index (χ3v) is 4.19. The molecule has 1 heterocycles. The van der Waals surface area contributed by atoms with Gasteiger partial charge in [0.2, 0.25) is 0 Å². The zero-order valence-electron chi connectivity index (χ0n) is 10.1. The van der Waals surface area contributed by atoms with E-state index in [1.165, 1.54) is 24.2 Å². The van der Waals surface area contributed by atoms with Crippen LogP contribution in [-0.4, -0.2) is 21.0 Å². The summed E-state index contributed by atoms with van der Waals surface area (Å²) in [7, 11) is 0. The van der Waals surface area contributed by atoms with Gasteiger partial charge < -0.3 is 5.73 Å². The predicted octanol–water partition coefficient (Wildman–Crippen LogP) is 1.31. The van der Waals surface area contributed by atoms with Crippen LogP contribution >= 0.6 is 0 Å². The van der Waals surface area contributed by atoms with Gasteiger partial charge in [0, 0.05) is 12.1 Å². The van der Waals surface area contributed by atoms with Gasteiger partial charge in [0.25, 0.3) is 0 Å². The Morgan fingerprint density at radius 1 is 1.25 bits per heavy atom. The molecule has 3 rings (SSSR count). The van der Waals surface area contributed by atoms with Gasteiger partial charge in [-0.3, -0.25) is 0 Å². The van der Waals surface area contributed by atoms with Crippen LogP contribution in [0.2, 0.25) is 0 Å². The maximum Gasteiger partial charge on any atom is 0.0859 e. The van der Waals surface area contributed by atoms with Gasteiger partial charge in [-0.25, -0.2) is 4.68 Å². The van der Waals surface area contributed by atoms with E-state index in [9.17, 15) is 0 Å². The summed E-state index contributed by atoms with van der Waals surface area (Å²) >= 11 is 0. The molecule has 2 aliphatic rings. The first kappa shape index (κ1) is 10.3. The zero-order valence-corrected chi connectivity index (χ0v) is 10.1. The third kappa shape index (κ3) is 1.47. The first-order valence-corrected chi connectivity index (χ1v) is 6.37. The fraction of sp³-hybridized carbons (Fsp3) is 0.833. The van der Waals surface area contributed by atoms with Crippen LogP contribution in [0.4, 0.5) is 0 Å². The Bertz CT molecular complexity index is 396. The van der Waals surface area contributed by atoms with Crippen molar-refractivity contribution < 1.29 is 0 Å². The Hall–Kier alpha value is -0.900. The number of hydrogen-bond donors (Lipinski definition) is 1. The molecular formula is C12H20N4. The largest absolute Gasteiger partial charge is 0.327 e. The number of nitrogens with two attached hydrogens (primary N) is 1. The molecule has 16 heavy (non-hydrogen) atoms. The molecule has 1 aromatic rings. The van der Waals surface area contributed by atoms with Crippen molar-refractivity contribution in [3.63, 3.8) is 0 Å². The molecule has 4 heteroatoms. The van der Waals surface area contributed by atoms with Crippen molar-refractivity contribution >= 4 is 0 Å². The number of nitrogens with zero attached hydrogens (tertiary/aromatic N) is 3. The summed E-state index contributed by atoms with van der Waals surface area (Å²) in [6, 6.07) is 0.879. The van der Waals surface area contributed by atoms with E-state index in [0.717, 1.165) is 24.7 Å². The van der Waals surface area contributed by atoms with E-state index in [1.807, 2.05) is 0 Å². The summed E-state index contributed by atoms with van der Waals surface area (Å²) < 4.78 is 2.09. The van der Waals surface area contributed by atoms with Gasteiger partial charge in [-0.2, -0.15) is 0 Å². The smallest absolute Gasteiger partial charge is 0.0859 e. The standard InChI is InChI=1S/C12H20N4/c1-7(2)16-11-6-4-9-8(12(9)13)3-5-10(11)14-15-16/h7-9,12H,3-6,13H2,1-2H3/t8-,9+,12?/m0/s1. The molecule has 1 fully saturated rings. The molecule has 2 aliphatic carbocycles. The van der Waals surface area contributed by atoms with Crippen LogP contribution in [0.5, 0.6) is 0 Å². The second-order valence-corrected chi connectivity index (χ2v) is 5.50. The van der Waals surface area contributed by atoms with Crippen molar-refractivity contribution in [1.82, 2.24) is 15.0 Å². The highest BCUT2D eigenvalue weighted by atomic mass is 15.4. The van der Waals surface area contributed by atoms with Crippen LogP contribution in [0.15, 0.2) is 0 Å². The normalized spacial score (nSPS) is 32.9. The molecule has 0 saturated heterocycles. The van der Waals surface area contributed by atoms with Crippen molar-refractivity contribution in [1.29, 1.82) is 0 Å². The lowest BCUT2D eigenvalue weighted by molar-refractivity contribution is 0.481. The second-order valence-electron chi connectivity index (χ2n) is 5.50. The monoisotopic (exact) mass is 220 g/mol.